The number of unbranched alkanes of at least 4 members (excludes halogenated alkanes) is 4. The third-order valence-corrected chi connectivity index (χ3v) is 4.19. The number of aliphatic hydroxyl groups is 1. The van der Waals surface area contributed by atoms with E-state index in [4.69, 9.17) is 5.11 Å². The second-order valence-electron chi connectivity index (χ2n) is 6.01. The van der Waals surface area contributed by atoms with Crippen LogP contribution in [-0.2, 0) is 9.59 Å². The van der Waals surface area contributed by atoms with Crippen LogP contribution in [0.15, 0.2) is 24.3 Å². The fourth-order valence-corrected chi connectivity index (χ4v) is 2.75. The quantitative estimate of drug-likeness (QED) is 0.452. The van der Waals surface area contributed by atoms with Gasteiger partial charge in [0.05, 0.1) is 6.10 Å². The standard InChI is InChI=1S/C18H28O4/c1-2-15(19)12-10-14-11-13-17(20)16(14)8-6-4-3-5-7-9-18(21)22/h10-16,19H,2-9H2,1H3,(H,21,22). The number of ketones is 1. The van der Waals surface area contributed by atoms with Gasteiger partial charge in [-0.05, 0) is 25.3 Å². The van der Waals surface area contributed by atoms with Crippen molar-refractivity contribution in [2.75, 3.05) is 0 Å². The van der Waals surface area contributed by atoms with Gasteiger partial charge in [-0.1, -0.05) is 50.8 Å². The fourth-order valence-electron chi connectivity index (χ4n) is 2.75. The first-order chi connectivity index (χ1) is 10.5. The molecule has 0 saturated heterocycles. The predicted molar refractivity (Wildman–Crippen MR) is 86.5 cm³/mol. The predicted octanol–water partition coefficient (Wildman–Crippen LogP) is 3.50. The summed E-state index contributed by atoms with van der Waals surface area (Å²) in [6, 6.07) is 0. The van der Waals surface area contributed by atoms with E-state index in [1.807, 2.05) is 19.1 Å². The first-order valence-corrected chi connectivity index (χ1v) is 8.34. The highest BCUT2D eigenvalue weighted by atomic mass is 16.4. The summed E-state index contributed by atoms with van der Waals surface area (Å²) < 4.78 is 0. The summed E-state index contributed by atoms with van der Waals surface area (Å²) in [6.07, 6.45) is 13.4. The smallest absolute Gasteiger partial charge is 0.303 e. The van der Waals surface area contributed by atoms with Crippen molar-refractivity contribution in [3.05, 3.63) is 24.3 Å². The molecule has 4 heteroatoms. The highest BCUT2D eigenvalue weighted by Gasteiger charge is 2.27. The van der Waals surface area contributed by atoms with Crippen molar-refractivity contribution < 1.29 is 19.8 Å². The van der Waals surface area contributed by atoms with Crippen LogP contribution in [0.2, 0.25) is 0 Å². The molecule has 4 nitrogen and oxygen atoms in total. The Bertz CT molecular complexity index is 411. The number of rotatable bonds is 11. The van der Waals surface area contributed by atoms with E-state index in [-0.39, 0.29) is 24.0 Å². The minimum Gasteiger partial charge on any atom is -0.481 e. The number of carbonyl (C=O) groups is 2. The number of hydrogen-bond acceptors (Lipinski definition) is 3. The van der Waals surface area contributed by atoms with Gasteiger partial charge in [0.1, 0.15) is 0 Å². The van der Waals surface area contributed by atoms with E-state index in [2.05, 4.69) is 0 Å². The van der Waals surface area contributed by atoms with Gasteiger partial charge < -0.3 is 10.2 Å². The molecule has 0 amide bonds. The Morgan fingerprint density at radius 3 is 2.64 bits per heavy atom. The lowest BCUT2D eigenvalue weighted by Gasteiger charge is -2.15. The monoisotopic (exact) mass is 308 g/mol. The third-order valence-electron chi connectivity index (χ3n) is 4.19. The van der Waals surface area contributed by atoms with E-state index in [9.17, 15) is 14.7 Å². The molecule has 0 heterocycles. The first-order valence-electron chi connectivity index (χ1n) is 8.34. The Kier molecular flexibility index (Phi) is 8.75. The molecule has 0 aromatic rings. The van der Waals surface area contributed by atoms with E-state index in [1.165, 1.54) is 0 Å². The van der Waals surface area contributed by atoms with Crippen molar-refractivity contribution in [3.63, 3.8) is 0 Å². The average Bonchev–Trinajstić information content (AvgIpc) is 2.84. The van der Waals surface area contributed by atoms with Crippen molar-refractivity contribution in [2.45, 2.75) is 64.4 Å². The van der Waals surface area contributed by atoms with Crippen LogP contribution < -0.4 is 0 Å². The van der Waals surface area contributed by atoms with Crippen molar-refractivity contribution in [1.29, 1.82) is 0 Å². The summed E-state index contributed by atoms with van der Waals surface area (Å²) >= 11 is 0. The normalized spacial score (nSPS) is 22.5. The van der Waals surface area contributed by atoms with Gasteiger partial charge in [-0.3, -0.25) is 9.59 Å². The van der Waals surface area contributed by atoms with Gasteiger partial charge >= 0.3 is 5.97 Å². The molecule has 1 rings (SSSR count). The number of allylic oxidation sites excluding steroid dienone is 3. The second-order valence-corrected chi connectivity index (χ2v) is 6.01. The Morgan fingerprint density at radius 2 is 1.95 bits per heavy atom. The molecule has 0 spiro atoms. The van der Waals surface area contributed by atoms with Crippen molar-refractivity contribution in [2.24, 2.45) is 11.8 Å². The van der Waals surface area contributed by atoms with Gasteiger partial charge in [0.25, 0.3) is 0 Å². The van der Waals surface area contributed by atoms with Crippen LogP contribution in [0.1, 0.15) is 58.3 Å². The highest BCUT2D eigenvalue weighted by Crippen LogP contribution is 2.29. The van der Waals surface area contributed by atoms with E-state index in [0.29, 0.717) is 6.42 Å². The Morgan fingerprint density at radius 1 is 1.27 bits per heavy atom. The lowest BCUT2D eigenvalue weighted by molar-refractivity contribution is -0.137. The van der Waals surface area contributed by atoms with Crippen molar-refractivity contribution in [3.8, 4) is 0 Å². The number of carboxylic acids is 1. The maximum Gasteiger partial charge on any atom is 0.303 e. The molecule has 0 aromatic heterocycles. The lowest BCUT2D eigenvalue weighted by atomic mass is 9.88. The number of aliphatic hydroxyl groups excluding tert-OH is 1. The first kappa shape index (κ1) is 18.6. The summed E-state index contributed by atoms with van der Waals surface area (Å²) in [5.41, 5.74) is 0. The minimum absolute atomic E-state index is 0.0133. The summed E-state index contributed by atoms with van der Waals surface area (Å²) in [6.45, 7) is 1.92. The number of hydrogen-bond donors (Lipinski definition) is 2. The number of carbonyl (C=O) groups excluding carboxylic acids is 1. The molecule has 0 aromatic carbocycles. The van der Waals surface area contributed by atoms with Crippen LogP contribution in [0.5, 0.6) is 0 Å². The largest absolute Gasteiger partial charge is 0.481 e. The zero-order valence-electron chi connectivity index (χ0n) is 13.4. The fraction of sp³-hybridized carbons (Fsp3) is 0.667. The molecule has 0 bridgehead atoms. The van der Waals surface area contributed by atoms with E-state index in [0.717, 1.165) is 38.5 Å². The number of aliphatic carboxylic acids is 1. The molecular formula is C18H28O4. The molecule has 1 aliphatic rings. The van der Waals surface area contributed by atoms with Gasteiger partial charge in [0.2, 0.25) is 0 Å². The second kappa shape index (κ2) is 10.3. The molecule has 22 heavy (non-hydrogen) atoms. The molecule has 0 aliphatic heterocycles. The maximum absolute atomic E-state index is 11.9. The van der Waals surface area contributed by atoms with Gasteiger partial charge in [-0.15, -0.1) is 0 Å². The molecule has 3 atom stereocenters. The maximum atomic E-state index is 11.9. The van der Waals surface area contributed by atoms with Gasteiger partial charge in [-0.25, -0.2) is 0 Å². The molecule has 0 fully saturated rings. The van der Waals surface area contributed by atoms with Gasteiger partial charge in [-0.2, -0.15) is 0 Å². The van der Waals surface area contributed by atoms with Crippen LogP contribution in [-0.4, -0.2) is 28.1 Å². The summed E-state index contributed by atoms with van der Waals surface area (Å²) in [5.74, 6) is -0.418. The average molecular weight is 308 g/mol. The van der Waals surface area contributed by atoms with Crippen LogP contribution in [0.25, 0.3) is 0 Å². The Labute approximate surface area is 132 Å². The Balaban J connectivity index is 2.23. The molecular weight excluding hydrogens is 280 g/mol. The molecule has 0 radical (unpaired) electrons. The van der Waals surface area contributed by atoms with Gasteiger partial charge in [0, 0.05) is 18.3 Å². The number of carboxylic acid groups (broad SMARTS) is 1. The molecule has 124 valence electrons. The summed E-state index contributed by atoms with van der Waals surface area (Å²) in [4.78, 5) is 22.3. The highest BCUT2D eigenvalue weighted by molar-refractivity contribution is 5.94. The molecule has 2 N–H and O–H groups in total. The minimum atomic E-state index is -0.730. The van der Waals surface area contributed by atoms with Crippen molar-refractivity contribution >= 4 is 11.8 Å². The Hall–Kier alpha value is -1.42. The van der Waals surface area contributed by atoms with E-state index >= 15 is 0 Å². The van der Waals surface area contributed by atoms with Crippen LogP contribution in [0.4, 0.5) is 0 Å². The van der Waals surface area contributed by atoms with Crippen LogP contribution in [0, 0.1) is 11.8 Å². The zero-order chi connectivity index (χ0) is 16.4. The van der Waals surface area contributed by atoms with E-state index in [1.54, 1.807) is 12.2 Å². The third kappa shape index (κ3) is 7.03. The van der Waals surface area contributed by atoms with E-state index < -0.39 is 12.1 Å². The topological polar surface area (TPSA) is 74.6 Å². The van der Waals surface area contributed by atoms with Crippen LogP contribution in [0.3, 0.4) is 0 Å². The molecule has 1 aliphatic carbocycles. The molecule has 0 saturated carbocycles. The summed E-state index contributed by atoms with van der Waals surface area (Å²) in [7, 11) is 0. The SMILES string of the molecule is CCC(O)C=CC1C=CC(=O)C1CCCCCCCC(=O)O. The van der Waals surface area contributed by atoms with Crippen molar-refractivity contribution in [1.82, 2.24) is 0 Å². The van der Waals surface area contributed by atoms with Gasteiger partial charge in [0.15, 0.2) is 5.78 Å². The summed E-state index contributed by atoms with van der Waals surface area (Å²) in [5, 5.41) is 18.1. The van der Waals surface area contributed by atoms with Crippen LogP contribution >= 0.6 is 0 Å². The lowest BCUT2D eigenvalue weighted by Crippen LogP contribution is -2.15. The molecule has 3 unspecified atom stereocenters. The zero-order valence-corrected chi connectivity index (χ0v) is 13.4.